The third-order valence-corrected chi connectivity index (χ3v) is 4.47. The Kier molecular flexibility index (Phi) is 4.48. The highest BCUT2D eigenvalue weighted by Gasteiger charge is 2.55. The summed E-state index contributed by atoms with van der Waals surface area (Å²) in [7, 11) is 0. The van der Waals surface area contributed by atoms with Crippen molar-refractivity contribution in [2.45, 2.75) is 71.0 Å². The molecule has 2 aliphatic rings. The molecule has 1 saturated carbocycles. The van der Waals surface area contributed by atoms with Gasteiger partial charge in [-0.2, -0.15) is 0 Å². The molecule has 134 valence electrons. The average Bonchev–Trinajstić information content (AvgIpc) is 3.26. The molecule has 0 saturated heterocycles. The van der Waals surface area contributed by atoms with Gasteiger partial charge in [-0.15, -0.1) is 0 Å². The Morgan fingerprint density at radius 1 is 1.16 bits per heavy atom. The maximum Gasteiger partial charge on any atom is 0.351 e. The Balaban J connectivity index is 1.89. The Hall–Kier alpha value is -2.10. The van der Waals surface area contributed by atoms with Gasteiger partial charge in [0.15, 0.2) is 5.78 Å². The molecule has 0 amide bonds. The largest absolute Gasteiger partial charge is 0.475 e. The van der Waals surface area contributed by atoms with E-state index in [4.69, 9.17) is 9.47 Å². The summed E-state index contributed by atoms with van der Waals surface area (Å²) in [6.07, 6.45) is 5.35. The number of aryl methyl sites for hydroxylation is 1. The third-order valence-electron chi connectivity index (χ3n) is 4.47. The van der Waals surface area contributed by atoms with Gasteiger partial charge in [-0.1, -0.05) is 12.1 Å². The van der Waals surface area contributed by atoms with Crippen LogP contribution in [-0.2, 0) is 14.3 Å². The standard InChI is InChI=1S/C21H26O4/c1-14-8-9-17(15-6-5-7-16(22)13-15)18(12-14)24-21(10-11-21)19(23)25-20(2,3)4/h8-9,12-13H,5-7,10-11H2,1-4H3. The van der Waals surface area contributed by atoms with Crippen LogP contribution in [0.4, 0.5) is 0 Å². The molecule has 0 spiro atoms. The fourth-order valence-corrected chi connectivity index (χ4v) is 3.03. The number of hydrogen-bond donors (Lipinski definition) is 0. The zero-order chi connectivity index (χ0) is 18.2. The van der Waals surface area contributed by atoms with Crippen LogP contribution in [0.2, 0.25) is 0 Å². The first-order valence-electron chi connectivity index (χ1n) is 8.95. The molecule has 0 N–H and O–H groups in total. The topological polar surface area (TPSA) is 52.6 Å². The minimum Gasteiger partial charge on any atom is -0.475 e. The molecule has 0 unspecified atom stereocenters. The first-order chi connectivity index (χ1) is 11.7. The predicted octanol–water partition coefficient (Wildman–Crippen LogP) is 4.38. The lowest BCUT2D eigenvalue weighted by Gasteiger charge is -2.26. The summed E-state index contributed by atoms with van der Waals surface area (Å²) >= 11 is 0. The minimum atomic E-state index is -0.880. The van der Waals surface area contributed by atoms with Gasteiger partial charge in [0, 0.05) is 24.8 Å². The van der Waals surface area contributed by atoms with Gasteiger partial charge >= 0.3 is 5.97 Å². The third kappa shape index (κ3) is 4.12. The van der Waals surface area contributed by atoms with Crippen molar-refractivity contribution in [1.82, 2.24) is 0 Å². The average molecular weight is 342 g/mol. The summed E-state index contributed by atoms with van der Waals surface area (Å²) in [4.78, 5) is 24.4. The van der Waals surface area contributed by atoms with Gasteiger partial charge in [0.05, 0.1) is 0 Å². The zero-order valence-electron chi connectivity index (χ0n) is 15.5. The van der Waals surface area contributed by atoms with Crippen LogP contribution in [0.1, 0.15) is 64.0 Å². The number of carbonyl (C=O) groups excluding carboxylic acids is 2. The second-order valence-electron chi connectivity index (χ2n) is 8.09. The smallest absolute Gasteiger partial charge is 0.351 e. The van der Waals surface area contributed by atoms with Crippen molar-refractivity contribution in [3.63, 3.8) is 0 Å². The Bertz CT molecular complexity index is 733. The Labute approximate surface area is 149 Å². The molecule has 1 aromatic rings. The molecule has 1 aromatic carbocycles. The molecule has 0 atom stereocenters. The summed E-state index contributed by atoms with van der Waals surface area (Å²) in [5.74, 6) is 0.520. The number of ketones is 1. The molecule has 1 fully saturated rings. The Morgan fingerprint density at radius 2 is 1.88 bits per heavy atom. The fraction of sp³-hybridized carbons (Fsp3) is 0.524. The van der Waals surface area contributed by atoms with Gasteiger partial charge in [0.25, 0.3) is 0 Å². The van der Waals surface area contributed by atoms with E-state index in [2.05, 4.69) is 0 Å². The van der Waals surface area contributed by atoms with E-state index in [1.54, 1.807) is 6.08 Å². The normalized spacial score (nSPS) is 19.2. The molecule has 4 heteroatoms. The quantitative estimate of drug-likeness (QED) is 0.762. The Morgan fingerprint density at radius 3 is 2.48 bits per heavy atom. The predicted molar refractivity (Wildman–Crippen MR) is 96.5 cm³/mol. The van der Waals surface area contributed by atoms with Crippen LogP contribution in [0.15, 0.2) is 24.3 Å². The van der Waals surface area contributed by atoms with E-state index in [9.17, 15) is 9.59 Å². The second kappa shape index (κ2) is 6.32. The lowest BCUT2D eigenvalue weighted by atomic mass is 9.92. The van der Waals surface area contributed by atoms with Crippen molar-refractivity contribution in [3.8, 4) is 5.75 Å². The van der Waals surface area contributed by atoms with Crippen LogP contribution in [-0.4, -0.2) is 23.0 Å². The van der Waals surface area contributed by atoms with Gasteiger partial charge in [0.2, 0.25) is 5.60 Å². The molecule has 0 radical (unpaired) electrons. The molecule has 0 heterocycles. The van der Waals surface area contributed by atoms with E-state index in [0.717, 1.165) is 29.5 Å². The monoisotopic (exact) mass is 342 g/mol. The van der Waals surface area contributed by atoms with E-state index in [1.807, 2.05) is 45.9 Å². The number of benzene rings is 1. The first-order valence-corrected chi connectivity index (χ1v) is 8.95. The number of ether oxygens (including phenoxy) is 2. The van der Waals surface area contributed by atoms with E-state index in [1.165, 1.54) is 0 Å². The lowest BCUT2D eigenvalue weighted by Crippen LogP contribution is -2.37. The van der Waals surface area contributed by atoms with Gasteiger partial charge in [0.1, 0.15) is 11.4 Å². The van der Waals surface area contributed by atoms with E-state index < -0.39 is 11.2 Å². The van der Waals surface area contributed by atoms with Crippen molar-refractivity contribution in [1.29, 1.82) is 0 Å². The summed E-state index contributed by atoms with van der Waals surface area (Å²) in [6, 6.07) is 5.94. The fourth-order valence-electron chi connectivity index (χ4n) is 3.03. The zero-order valence-corrected chi connectivity index (χ0v) is 15.5. The lowest BCUT2D eigenvalue weighted by molar-refractivity contribution is -0.165. The number of hydrogen-bond acceptors (Lipinski definition) is 4. The van der Waals surface area contributed by atoms with Crippen LogP contribution in [0.25, 0.3) is 5.57 Å². The molecule has 25 heavy (non-hydrogen) atoms. The van der Waals surface area contributed by atoms with Crippen molar-refractivity contribution in [2.75, 3.05) is 0 Å². The molecule has 3 rings (SSSR count). The molecule has 0 aromatic heterocycles. The number of esters is 1. The summed E-state index contributed by atoms with van der Waals surface area (Å²) in [5, 5.41) is 0. The molecular weight excluding hydrogens is 316 g/mol. The van der Waals surface area contributed by atoms with Crippen LogP contribution < -0.4 is 4.74 Å². The van der Waals surface area contributed by atoms with Crippen LogP contribution >= 0.6 is 0 Å². The van der Waals surface area contributed by atoms with Crippen molar-refractivity contribution >= 4 is 17.3 Å². The SMILES string of the molecule is Cc1ccc(C2=CC(=O)CCC2)c(OC2(C(=O)OC(C)(C)C)CC2)c1. The van der Waals surface area contributed by atoms with Crippen LogP contribution in [0, 0.1) is 6.92 Å². The number of carbonyl (C=O) groups is 2. The molecular formula is C21H26O4. The summed E-state index contributed by atoms with van der Waals surface area (Å²) in [6.45, 7) is 7.57. The van der Waals surface area contributed by atoms with E-state index in [-0.39, 0.29) is 11.8 Å². The van der Waals surface area contributed by atoms with Crippen molar-refractivity contribution < 1.29 is 19.1 Å². The van der Waals surface area contributed by atoms with Crippen molar-refractivity contribution in [3.05, 3.63) is 35.4 Å². The summed E-state index contributed by atoms with van der Waals surface area (Å²) < 4.78 is 11.7. The molecule has 0 aliphatic heterocycles. The highest BCUT2D eigenvalue weighted by atomic mass is 16.6. The molecule has 4 nitrogen and oxygen atoms in total. The van der Waals surface area contributed by atoms with Gasteiger partial charge < -0.3 is 9.47 Å². The van der Waals surface area contributed by atoms with Gasteiger partial charge in [-0.25, -0.2) is 4.79 Å². The minimum absolute atomic E-state index is 0.154. The van der Waals surface area contributed by atoms with Crippen LogP contribution in [0.3, 0.4) is 0 Å². The maximum absolute atomic E-state index is 12.6. The van der Waals surface area contributed by atoms with Gasteiger partial charge in [-0.3, -0.25) is 4.79 Å². The summed E-state index contributed by atoms with van der Waals surface area (Å²) in [5.41, 5.74) is 1.54. The molecule has 2 aliphatic carbocycles. The van der Waals surface area contributed by atoms with Gasteiger partial charge in [-0.05, 0) is 63.8 Å². The van der Waals surface area contributed by atoms with Crippen molar-refractivity contribution in [2.24, 2.45) is 0 Å². The molecule has 0 bridgehead atoms. The number of rotatable bonds is 4. The van der Waals surface area contributed by atoms with E-state index in [0.29, 0.717) is 25.0 Å². The number of allylic oxidation sites excluding steroid dienone is 2. The highest BCUT2D eigenvalue weighted by molar-refractivity contribution is 5.99. The maximum atomic E-state index is 12.6. The van der Waals surface area contributed by atoms with Crippen LogP contribution in [0.5, 0.6) is 5.75 Å². The van der Waals surface area contributed by atoms with E-state index >= 15 is 0 Å². The first kappa shape index (κ1) is 17.7. The highest BCUT2D eigenvalue weighted by Crippen LogP contribution is 2.44. The second-order valence-corrected chi connectivity index (χ2v) is 8.09.